The Bertz CT molecular complexity index is 460. The van der Waals surface area contributed by atoms with E-state index in [0.29, 0.717) is 12.2 Å². The Kier molecular flexibility index (Phi) is 4.92. The van der Waals surface area contributed by atoms with E-state index >= 15 is 0 Å². The molecule has 96 valence electrons. The van der Waals surface area contributed by atoms with Crippen molar-refractivity contribution in [1.29, 1.82) is 0 Å². The molecule has 4 N–H and O–H groups in total. The third-order valence-corrected chi connectivity index (χ3v) is 2.11. The molecule has 3 amide bonds. The fourth-order valence-corrected chi connectivity index (χ4v) is 1.35. The minimum absolute atomic E-state index is 0.116. The van der Waals surface area contributed by atoms with E-state index in [9.17, 15) is 9.59 Å². The van der Waals surface area contributed by atoms with Gasteiger partial charge in [0.05, 0.1) is 0 Å². The van der Waals surface area contributed by atoms with Crippen LogP contribution in [0, 0.1) is 0 Å². The van der Waals surface area contributed by atoms with E-state index in [1.807, 2.05) is 26.0 Å². The predicted molar refractivity (Wildman–Crippen MR) is 70.9 cm³/mol. The van der Waals surface area contributed by atoms with Gasteiger partial charge in [-0.2, -0.15) is 0 Å². The molecule has 0 atom stereocenters. The Hall–Kier alpha value is -2.30. The van der Waals surface area contributed by atoms with Crippen molar-refractivity contribution < 1.29 is 9.59 Å². The van der Waals surface area contributed by atoms with Crippen LogP contribution < -0.4 is 16.4 Å². The molecule has 5 nitrogen and oxygen atoms in total. The number of allylic oxidation sites excluding steroid dienone is 1. The first kappa shape index (κ1) is 13.8. The van der Waals surface area contributed by atoms with Gasteiger partial charge in [0, 0.05) is 18.3 Å². The zero-order valence-corrected chi connectivity index (χ0v) is 10.5. The summed E-state index contributed by atoms with van der Waals surface area (Å²) >= 11 is 0. The van der Waals surface area contributed by atoms with Gasteiger partial charge >= 0.3 is 6.03 Å². The van der Waals surface area contributed by atoms with E-state index in [4.69, 9.17) is 5.73 Å². The summed E-state index contributed by atoms with van der Waals surface area (Å²) in [6, 6.07) is 6.49. The molecule has 0 unspecified atom stereocenters. The first-order valence-corrected chi connectivity index (χ1v) is 5.55. The summed E-state index contributed by atoms with van der Waals surface area (Å²) in [6.45, 7) is 4.17. The van der Waals surface area contributed by atoms with E-state index in [0.717, 1.165) is 11.1 Å². The zero-order valence-electron chi connectivity index (χ0n) is 10.5. The molecule has 0 bridgehead atoms. The zero-order chi connectivity index (χ0) is 13.5. The summed E-state index contributed by atoms with van der Waals surface area (Å²) in [5, 5.41) is 5.23. The summed E-state index contributed by atoms with van der Waals surface area (Å²) in [6.07, 6.45) is 1.54. The molecule has 18 heavy (non-hydrogen) atoms. The van der Waals surface area contributed by atoms with Crippen molar-refractivity contribution in [2.75, 3.05) is 5.32 Å². The van der Waals surface area contributed by atoms with Crippen molar-refractivity contribution in [3.63, 3.8) is 0 Å². The number of nitrogens with two attached hydrogens (primary N) is 1. The highest BCUT2D eigenvalue weighted by molar-refractivity contribution is 5.88. The van der Waals surface area contributed by atoms with Crippen molar-refractivity contribution in [2.24, 2.45) is 5.73 Å². The van der Waals surface area contributed by atoms with Gasteiger partial charge in [-0.05, 0) is 31.5 Å². The van der Waals surface area contributed by atoms with Gasteiger partial charge in [0.2, 0.25) is 5.91 Å². The molecule has 0 radical (unpaired) electrons. The lowest BCUT2D eigenvalue weighted by Crippen LogP contribution is -2.21. The molecule has 5 heteroatoms. The van der Waals surface area contributed by atoms with Crippen LogP contribution in [0.1, 0.15) is 19.4 Å². The van der Waals surface area contributed by atoms with Crippen LogP contribution in [-0.2, 0) is 11.3 Å². The summed E-state index contributed by atoms with van der Waals surface area (Å²) in [5.74, 6) is -0.116. The van der Waals surface area contributed by atoms with Crippen molar-refractivity contribution in [3.8, 4) is 0 Å². The largest absolute Gasteiger partial charge is 0.351 e. The average Bonchev–Trinajstić information content (AvgIpc) is 2.26. The molecular weight excluding hydrogens is 230 g/mol. The summed E-state index contributed by atoms with van der Waals surface area (Å²) < 4.78 is 0. The maximum absolute atomic E-state index is 11.4. The normalized spacial score (nSPS) is 9.44. The third kappa shape index (κ3) is 5.16. The number of hydrogen-bond donors (Lipinski definition) is 3. The van der Waals surface area contributed by atoms with Gasteiger partial charge in [0.15, 0.2) is 0 Å². The number of urea groups is 1. The van der Waals surface area contributed by atoms with Crippen LogP contribution in [0.15, 0.2) is 35.9 Å². The van der Waals surface area contributed by atoms with E-state index in [1.54, 1.807) is 18.2 Å². The first-order valence-electron chi connectivity index (χ1n) is 5.55. The predicted octanol–water partition coefficient (Wildman–Crippen LogP) is 1.76. The second kappa shape index (κ2) is 6.44. The van der Waals surface area contributed by atoms with Gasteiger partial charge in [-0.25, -0.2) is 4.79 Å². The fourth-order valence-electron chi connectivity index (χ4n) is 1.35. The number of rotatable bonds is 4. The highest BCUT2D eigenvalue weighted by Crippen LogP contribution is 2.08. The summed E-state index contributed by atoms with van der Waals surface area (Å²) in [7, 11) is 0. The highest BCUT2D eigenvalue weighted by Gasteiger charge is 1.99. The lowest BCUT2D eigenvalue weighted by Gasteiger charge is -2.05. The van der Waals surface area contributed by atoms with Crippen LogP contribution >= 0.6 is 0 Å². The SMILES string of the molecule is CC(C)=CC(=O)NCc1ccc(NC(N)=O)cc1. The lowest BCUT2D eigenvalue weighted by molar-refractivity contribution is -0.116. The number of hydrogen-bond acceptors (Lipinski definition) is 2. The van der Waals surface area contributed by atoms with Crippen LogP contribution in [0.25, 0.3) is 0 Å². The molecule has 0 heterocycles. The quantitative estimate of drug-likeness (QED) is 0.708. The molecule has 1 aromatic rings. The summed E-state index contributed by atoms with van der Waals surface area (Å²) in [4.78, 5) is 22.0. The standard InChI is InChI=1S/C13H17N3O2/c1-9(2)7-12(17)15-8-10-3-5-11(6-4-10)16-13(14)18/h3-7H,8H2,1-2H3,(H,15,17)(H3,14,16,18). The molecule has 0 aliphatic heterocycles. The molecule has 1 aromatic carbocycles. The first-order chi connectivity index (χ1) is 8.47. The van der Waals surface area contributed by atoms with Crippen molar-refractivity contribution in [3.05, 3.63) is 41.5 Å². The maximum Gasteiger partial charge on any atom is 0.316 e. The number of benzene rings is 1. The van der Waals surface area contributed by atoms with Crippen LogP contribution in [0.2, 0.25) is 0 Å². The average molecular weight is 247 g/mol. The lowest BCUT2D eigenvalue weighted by atomic mass is 10.2. The van der Waals surface area contributed by atoms with Crippen LogP contribution in [-0.4, -0.2) is 11.9 Å². The van der Waals surface area contributed by atoms with Gasteiger partial charge in [0.1, 0.15) is 0 Å². The number of primary amides is 1. The Morgan fingerprint density at radius 1 is 1.22 bits per heavy atom. The number of carbonyl (C=O) groups excluding carboxylic acids is 2. The smallest absolute Gasteiger partial charge is 0.316 e. The Balaban J connectivity index is 2.51. The van der Waals surface area contributed by atoms with Crippen LogP contribution in [0.3, 0.4) is 0 Å². The minimum atomic E-state index is -0.598. The minimum Gasteiger partial charge on any atom is -0.351 e. The van der Waals surface area contributed by atoms with E-state index in [-0.39, 0.29) is 5.91 Å². The second-order valence-electron chi connectivity index (χ2n) is 4.13. The van der Waals surface area contributed by atoms with Crippen LogP contribution in [0.5, 0.6) is 0 Å². The molecule has 0 spiro atoms. The van der Waals surface area contributed by atoms with Crippen molar-refractivity contribution in [2.45, 2.75) is 20.4 Å². The maximum atomic E-state index is 11.4. The molecule has 0 aliphatic rings. The molecule has 0 aromatic heterocycles. The van der Waals surface area contributed by atoms with Gasteiger partial charge < -0.3 is 16.4 Å². The Labute approximate surface area is 106 Å². The fraction of sp³-hybridized carbons (Fsp3) is 0.231. The third-order valence-electron chi connectivity index (χ3n) is 2.11. The molecular formula is C13H17N3O2. The molecule has 0 fully saturated rings. The molecule has 0 aliphatic carbocycles. The summed E-state index contributed by atoms with van der Waals surface area (Å²) in [5.41, 5.74) is 7.52. The van der Waals surface area contributed by atoms with E-state index in [2.05, 4.69) is 10.6 Å². The van der Waals surface area contributed by atoms with Gasteiger partial charge in [0.25, 0.3) is 0 Å². The van der Waals surface area contributed by atoms with Gasteiger partial charge in [-0.1, -0.05) is 17.7 Å². The number of amides is 3. The van der Waals surface area contributed by atoms with E-state index < -0.39 is 6.03 Å². The van der Waals surface area contributed by atoms with Gasteiger partial charge in [-0.15, -0.1) is 0 Å². The monoisotopic (exact) mass is 247 g/mol. The van der Waals surface area contributed by atoms with Crippen molar-refractivity contribution in [1.82, 2.24) is 5.32 Å². The number of carbonyl (C=O) groups is 2. The molecule has 0 saturated carbocycles. The number of nitrogens with one attached hydrogen (secondary N) is 2. The van der Waals surface area contributed by atoms with E-state index in [1.165, 1.54) is 0 Å². The Morgan fingerprint density at radius 3 is 2.33 bits per heavy atom. The Morgan fingerprint density at radius 2 is 1.83 bits per heavy atom. The highest BCUT2D eigenvalue weighted by atomic mass is 16.2. The topological polar surface area (TPSA) is 84.2 Å². The van der Waals surface area contributed by atoms with Crippen LogP contribution in [0.4, 0.5) is 10.5 Å². The molecule has 1 rings (SSSR count). The van der Waals surface area contributed by atoms with Gasteiger partial charge in [-0.3, -0.25) is 4.79 Å². The number of anilines is 1. The molecule has 0 saturated heterocycles. The second-order valence-corrected chi connectivity index (χ2v) is 4.13. The van der Waals surface area contributed by atoms with Crippen molar-refractivity contribution >= 4 is 17.6 Å².